The summed E-state index contributed by atoms with van der Waals surface area (Å²) >= 11 is 15.0. The molecule has 5 nitrogen and oxygen atoms in total. The molecule has 2 N–H and O–H groups in total. The van der Waals surface area contributed by atoms with Gasteiger partial charge in [-0.3, -0.25) is 4.79 Å². The molecule has 0 aliphatic rings. The second-order valence-corrected chi connectivity index (χ2v) is 8.45. The molecule has 2 rings (SSSR count). The van der Waals surface area contributed by atoms with E-state index < -0.39 is 22.0 Å². The lowest BCUT2D eigenvalue weighted by Gasteiger charge is -2.15. The van der Waals surface area contributed by atoms with E-state index in [-0.39, 0.29) is 4.90 Å². The van der Waals surface area contributed by atoms with Gasteiger partial charge in [0, 0.05) is 20.2 Å². The van der Waals surface area contributed by atoms with Crippen molar-refractivity contribution >= 4 is 60.7 Å². The SMILES string of the molecule is C[C@@H](NS(=O)(=O)c1ccc(Br)cc1)C(=O)Nc1cc(Cl)cc(Cl)c1. The first-order valence-corrected chi connectivity index (χ1v) is 9.75. The summed E-state index contributed by atoms with van der Waals surface area (Å²) in [6.07, 6.45) is 0. The average Bonchev–Trinajstić information content (AvgIpc) is 2.46. The summed E-state index contributed by atoms with van der Waals surface area (Å²) in [6, 6.07) is 9.65. The highest BCUT2D eigenvalue weighted by Crippen LogP contribution is 2.22. The molecule has 9 heteroatoms. The second-order valence-electron chi connectivity index (χ2n) is 4.94. The third-order valence-electron chi connectivity index (χ3n) is 2.98. The maximum atomic E-state index is 12.3. The van der Waals surface area contributed by atoms with E-state index in [1.54, 1.807) is 12.1 Å². The lowest BCUT2D eigenvalue weighted by atomic mass is 10.3. The molecule has 2 aromatic rings. The summed E-state index contributed by atoms with van der Waals surface area (Å²) in [4.78, 5) is 12.2. The summed E-state index contributed by atoms with van der Waals surface area (Å²) in [5, 5.41) is 3.29. The van der Waals surface area contributed by atoms with Gasteiger partial charge in [-0.05, 0) is 49.4 Å². The van der Waals surface area contributed by atoms with Crippen LogP contribution < -0.4 is 10.0 Å². The number of carbonyl (C=O) groups excluding carboxylic acids is 1. The Bertz CT molecular complexity index is 837. The normalized spacial score (nSPS) is 12.7. The molecule has 0 unspecified atom stereocenters. The quantitative estimate of drug-likeness (QED) is 0.719. The minimum Gasteiger partial charge on any atom is -0.325 e. The van der Waals surface area contributed by atoms with Crippen LogP contribution in [0.2, 0.25) is 10.0 Å². The minimum absolute atomic E-state index is 0.0659. The van der Waals surface area contributed by atoms with E-state index in [0.29, 0.717) is 15.7 Å². The van der Waals surface area contributed by atoms with Gasteiger partial charge in [-0.15, -0.1) is 0 Å². The molecule has 0 spiro atoms. The predicted octanol–water partition coefficient (Wildman–Crippen LogP) is 4.06. The Morgan fingerprint density at radius 3 is 2.17 bits per heavy atom. The molecule has 0 radical (unpaired) electrons. The zero-order valence-corrected chi connectivity index (χ0v) is 16.3. The van der Waals surface area contributed by atoms with Crippen LogP contribution in [0.1, 0.15) is 6.92 Å². The first-order valence-electron chi connectivity index (χ1n) is 6.72. The van der Waals surface area contributed by atoms with E-state index in [4.69, 9.17) is 23.2 Å². The maximum Gasteiger partial charge on any atom is 0.242 e. The highest BCUT2D eigenvalue weighted by Gasteiger charge is 2.22. The van der Waals surface area contributed by atoms with Gasteiger partial charge < -0.3 is 5.32 Å². The number of sulfonamides is 1. The molecule has 0 bridgehead atoms. The third kappa shape index (κ3) is 5.19. The maximum absolute atomic E-state index is 12.3. The number of hydrogen-bond donors (Lipinski definition) is 2. The summed E-state index contributed by atoms with van der Waals surface area (Å²) in [5.41, 5.74) is 0.382. The molecule has 0 aromatic heterocycles. The van der Waals surface area contributed by atoms with Crippen molar-refractivity contribution in [1.29, 1.82) is 0 Å². The smallest absolute Gasteiger partial charge is 0.242 e. The van der Waals surface area contributed by atoms with Crippen LogP contribution >= 0.6 is 39.1 Å². The molecular weight excluding hydrogens is 439 g/mol. The van der Waals surface area contributed by atoms with Gasteiger partial charge in [-0.2, -0.15) is 4.72 Å². The molecule has 2 aromatic carbocycles. The van der Waals surface area contributed by atoms with Crippen molar-refractivity contribution < 1.29 is 13.2 Å². The zero-order valence-electron chi connectivity index (χ0n) is 12.4. The van der Waals surface area contributed by atoms with Crippen LogP contribution in [0.5, 0.6) is 0 Å². The Hall–Kier alpha value is -1.12. The molecule has 128 valence electrons. The number of halogens is 3. The molecule has 0 aliphatic heterocycles. The molecular formula is C15H13BrCl2N2O3S. The van der Waals surface area contributed by atoms with Crippen LogP contribution in [-0.2, 0) is 14.8 Å². The number of amides is 1. The summed E-state index contributed by atoms with van der Waals surface area (Å²) < 4.78 is 27.6. The molecule has 24 heavy (non-hydrogen) atoms. The van der Waals surface area contributed by atoms with Crippen molar-refractivity contribution in [2.75, 3.05) is 5.32 Å². The first kappa shape index (κ1) is 19.2. The Labute approximate surface area is 158 Å². The molecule has 1 atom stereocenters. The van der Waals surface area contributed by atoms with Crippen LogP contribution in [0.3, 0.4) is 0 Å². The highest BCUT2D eigenvalue weighted by atomic mass is 79.9. The van der Waals surface area contributed by atoms with E-state index in [0.717, 1.165) is 4.47 Å². The van der Waals surface area contributed by atoms with Crippen molar-refractivity contribution in [2.24, 2.45) is 0 Å². The summed E-state index contributed by atoms with van der Waals surface area (Å²) in [5.74, 6) is -0.533. The number of hydrogen-bond acceptors (Lipinski definition) is 3. The molecule has 0 fully saturated rings. The topological polar surface area (TPSA) is 75.3 Å². The van der Waals surface area contributed by atoms with Crippen LogP contribution in [0.4, 0.5) is 5.69 Å². The van der Waals surface area contributed by atoms with Crippen molar-refractivity contribution in [1.82, 2.24) is 4.72 Å². The number of carbonyl (C=O) groups is 1. The van der Waals surface area contributed by atoms with E-state index in [1.165, 1.54) is 37.3 Å². The monoisotopic (exact) mass is 450 g/mol. The Balaban J connectivity index is 2.09. The van der Waals surface area contributed by atoms with Gasteiger partial charge in [0.25, 0.3) is 0 Å². The minimum atomic E-state index is -3.81. The lowest BCUT2D eigenvalue weighted by molar-refractivity contribution is -0.117. The molecule has 0 saturated heterocycles. The first-order chi connectivity index (χ1) is 11.2. The van der Waals surface area contributed by atoms with Gasteiger partial charge in [0.1, 0.15) is 0 Å². The Morgan fingerprint density at radius 1 is 1.08 bits per heavy atom. The predicted molar refractivity (Wildman–Crippen MR) is 99.0 cm³/mol. The Kier molecular flexibility index (Phi) is 6.28. The van der Waals surface area contributed by atoms with Gasteiger partial charge >= 0.3 is 0 Å². The molecule has 0 heterocycles. The van der Waals surface area contributed by atoms with Crippen molar-refractivity contribution in [2.45, 2.75) is 17.9 Å². The fourth-order valence-corrected chi connectivity index (χ4v) is 3.84. The largest absolute Gasteiger partial charge is 0.325 e. The van der Waals surface area contributed by atoms with Gasteiger partial charge in [-0.1, -0.05) is 39.1 Å². The number of rotatable bonds is 5. The number of anilines is 1. The molecule has 1 amide bonds. The average molecular weight is 452 g/mol. The third-order valence-corrected chi connectivity index (χ3v) is 5.50. The summed E-state index contributed by atoms with van der Waals surface area (Å²) in [6.45, 7) is 1.44. The van der Waals surface area contributed by atoms with Crippen molar-refractivity contribution in [3.8, 4) is 0 Å². The van der Waals surface area contributed by atoms with Crippen LogP contribution in [0.25, 0.3) is 0 Å². The van der Waals surface area contributed by atoms with Crippen molar-refractivity contribution in [3.05, 3.63) is 57.0 Å². The number of nitrogens with one attached hydrogen (secondary N) is 2. The van der Waals surface area contributed by atoms with E-state index in [9.17, 15) is 13.2 Å². The Morgan fingerprint density at radius 2 is 1.62 bits per heavy atom. The molecule has 0 aliphatic carbocycles. The summed E-state index contributed by atoms with van der Waals surface area (Å²) in [7, 11) is -3.81. The van der Waals surface area contributed by atoms with Gasteiger partial charge in [0.2, 0.25) is 15.9 Å². The van der Waals surface area contributed by atoms with Crippen LogP contribution in [0.15, 0.2) is 51.8 Å². The van der Waals surface area contributed by atoms with E-state index in [1.807, 2.05) is 0 Å². The van der Waals surface area contributed by atoms with E-state index >= 15 is 0 Å². The van der Waals surface area contributed by atoms with E-state index in [2.05, 4.69) is 26.0 Å². The standard InChI is InChI=1S/C15H13BrCl2N2O3S/c1-9(15(21)19-13-7-11(17)6-12(18)8-13)20-24(22,23)14-4-2-10(16)3-5-14/h2-9,20H,1H3,(H,19,21)/t9-/m1/s1. The van der Waals surface area contributed by atoms with Gasteiger partial charge in [-0.25, -0.2) is 8.42 Å². The zero-order chi connectivity index (χ0) is 17.9. The van der Waals surface area contributed by atoms with Crippen LogP contribution in [0, 0.1) is 0 Å². The fraction of sp³-hybridized carbons (Fsp3) is 0.133. The number of benzene rings is 2. The van der Waals surface area contributed by atoms with Gasteiger partial charge in [0.05, 0.1) is 10.9 Å². The lowest BCUT2D eigenvalue weighted by Crippen LogP contribution is -2.41. The van der Waals surface area contributed by atoms with Crippen molar-refractivity contribution in [3.63, 3.8) is 0 Å². The van der Waals surface area contributed by atoms with Crippen LogP contribution in [-0.4, -0.2) is 20.4 Å². The molecule has 0 saturated carbocycles. The highest BCUT2D eigenvalue weighted by molar-refractivity contribution is 9.10. The second kappa shape index (κ2) is 7.84. The van der Waals surface area contributed by atoms with Gasteiger partial charge in [0.15, 0.2) is 0 Å². The fourth-order valence-electron chi connectivity index (χ4n) is 1.84.